The van der Waals surface area contributed by atoms with Crippen LogP contribution < -0.4 is 10.6 Å². The number of carbonyl (C=O) groups excluding carboxylic acids is 1. The van der Waals surface area contributed by atoms with Crippen LogP contribution in [0.3, 0.4) is 0 Å². The zero-order valence-corrected chi connectivity index (χ0v) is 15.7. The van der Waals surface area contributed by atoms with Crippen molar-refractivity contribution >= 4 is 28.3 Å². The van der Waals surface area contributed by atoms with Gasteiger partial charge in [-0.3, -0.25) is 4.79 Å². The maximum Gasteiger partial charge on any atom is 0.230 e. The van der Waals surface area contributed by atoms with Crippen molar-refractivity contribution in [2.75, 3.05) is 10.6 Å². The van der Waals surface area contributed by atoms with E-state index in [0.29, 0.717) is 12.2 Å². The number of nitrogens with zero attached hydrogens (tertiary/aromatic N) is 1. The first-order valence-electron chi connectivity index (χ1n) is 9.28. The van der Waals surface area contributed by atoms with Crippen LogP contribution in [0.25, 0.3) is 10.9 Å². The van der Waals surface area contributed by atoms with Gasteiger partial charge in [0.2, 0.25) is 5.91 Å². The van der Waals surface area contributed by atoms with Crippen LogP contribution >= 0.6 is 0 Å². The molecule has 0 aliphatic carbocycles. The third kappa shape index (κ3) is 4.20. The van der Waals surface area contributed by atoms with Gasteiger partial charge in [-0.15, -0.1) is 0 Å². The predicted octanol–water partition coefficient (Wildman–Crippen LogP) is 4.66. The molecule has 0 bridgehead atoms. The lowest BCUT2D eigenvalue weighted by molar-refractivity contribution is -0.115. The van der Waals surface area contributed by atoms with E-state index in [1.54, 1.807) is 6.20 Å². The average Bonchev–Trinajstić information content (AvgIpc) is 3.10. The summed E-state index contributed by atoms with van der Waals surface area (Å²) in [6.45, 7) is 2.81. The number of anilines is 2. The van der Waals surface area contributed by atoms with Crippen LogP contribution in [-0.2, 0) is 17.8 Å². The number of hydrogen-bond acceptors (Lipinski definition) is 3. The van der Waals surface area contributed by atoms with Gasteiger partial charge in [-0.25, -0.2) is 4.98 Å². The Balaban J connectivity index is 1.34. The van der Waals surface area contributed by atoms with E-state index in [2.05, 4.69) is 51.8 Å². The Kier molecular flexibility index (Phi) is 5.06. The predicted molar refractivity (Wildman–Crippen MR) is 113 cm³/mol. The third-order valence-electron chi connectivity index (χ3n) is 4.64. The molecule has 2 aromatic heterocycles. The SMILES string of the molecule is Cc1cccc(CNc2ccc(NC(=O)Cc3c[nH]c4ccccc34)nc2)c1. The molecule has 0 aliphatic heterocycles. The number of carbonyl (C=O) groups is 1. The van der Waals surface area contributed by atoms with Gasteiger partial charge in [0.15, 0.2) is 0 Å². The highest BCUT2D eigenvalue weighted by atomic mass is 16.1. The van der Waals surface area contributed by atoms with Crippen molar-refractivity contribution in [2.45, 2.75) is 19.9 Å². The molecule has 0 aliphatic rings. The number of nitrogens with one attached hydrogen (secondary N) is 3. The molecule has 2 aromatic carbocycles. The topological polar surface area (TPSA) is 69.8 Å². The zero-order valence-electron chi connectivity index (χ0n) is 15.7. The number of aromatic nitrogens is 2. The van der Waals surface area contributed by atoms with E-state index in [4.69, 9.17) is 0 Å². The second-order valence-electron chi connectivity index (χ2n) is 6.86. The zero-order chi connectivity index (χ0) is 19.3. The van der Waals surface area contributed by atoms with Gasteiger partial charge in [-0.2, -0.15) is 0 Å². The molecule has 0 saturated carbocycles. The smallest absolute Gasteiger partial charge is 0.230 e. The minimum atomic E-state index is -0.0854. The largest absolute Gasteiger partial charge is 0.380 e. The van der Waals surface area contributed by atoms with E-state index in [9.17, 15) is 4.79 Å². The molecule has 0 saturated heterocycles. The minimum absolute atomic E-state index is 0.0854. The second kappa shape index (κ2) is 7.96. The van der Waals surface area contributed by atoms with Gasteiger partial charge in [0.1, 0.15) is 5.82 Å². The number of fused-ring (bicyclic) bond motifs is 1. The Labute approximate surface area is 163 Å². The summed E-state index contributed by atoms with van der Waals surface area (Å²) in [5.74, 6) is 0.462. The molecule has 1 amide bonds. The summed E-state index contributed by atoms with van der Waals surface area (Å²) in [7, 11) is 0. The number of hydrogen-bond donors (Lipinski definition) is 3. The highest BCUT2D eigenvalue weighted by molar-refractivity contribution is 5.95. The lowest BCUT2D eigenvalue weighted by atomic mass is 10.1. The highest BCUT2D eigenvalue weighted by Gasteiger charge is 2.09. The van der Waals surface area contributed by atoms with Crippen molar-refractivity contribution < 1.29 is 4.79 Å². The van der Waals surface area contributed by atoms with Gasteiger partial charge in [-0.1, -0.05) is 48.0 Å². The van der Waals surface area contributed by atoms with Gasteiger partial charge in [0.25, 0.3) is 0 Å². The first-order valence-corrected chi connectivity index (χ1v) is 9.28. The van der Waals surface area contributed by atoms with Crippen LogP contribution in [-0.4, -0.2) is 15.9 Å². The van der Waals surface area contributed by atoms with Crippen molar-refractivity contribution in [3.8, 4) is 0 Å². The summed E-state index contributed by atoms with van der Waals surface area (Å²) in [5.41, 5.74) is 5.38. The maximum absolute atomic E-state index is 12.4. The molecule has 4 rings (SSSR count). The molecule has 0 radical (unpaired) electrons. The third-order valence-corrected chi connectivity index (χ3v) is 4.64. The molecule has 140 valence electrons. The van der Waals surface area contributed by atoms with E-state index >= 15 is 0 Å². The van der Waals surface area contributed by atoms with Gasteiger partial charge in [-0.05, 0) is 36.2 Å². The summed E-state index contributed by atoms with van der Waals surface area (Å²) in [6.07, 6.45) is 3.92. The molecule has 0 spiro atoms. The Bertz CT molecular complexity index is 1100. The quantitative estimate of drug-likeness (QED) is 0.462. The number of H-pyrrole nitrogens is 1. The molecule has 5 heteroatoms. The Hall–Kier alpha value is -3.60. The molecule has 4 aromatic rings. The lowest BCUT2D eigenvalue weighted by Gasteiger charge is -2.08. The Morgan fingerprint density at radius 1 is 1.07 bits per heavy atom. The normalized spacial score (nSPS) is 10.8. The standard InChI is InChI=1S/C23H22N4O/c1-16-5-4-6-17(11-16)13-24-19-9-10-22(26-15-19)27-23(28)12-18-14-25-21-8-3-2-7-20(18)21/h2-11,14-15,24-25H,12-13H2,1H3,(H,26,27,28). The molecule has 3 N–H and O–H groups in total. The molecule has 0 unspecified atom stereocenters. The van der Waals surface area contributed by atoms with Crippen molar-refractivity contribution in [3.63, 3.8) is 0 Å². The Morgan fingerprint density at radius 2 is 1.96 bits per heavy atom. The van der Waals surface area contributed by atoms with Gasteiger partial charge in [0.05, 0.1) is 18.3 Å². The number of aryl methyl sites for hydroxylation is 1. The fourth-order valence-corrected chi connectivity index (χ4v) is 3.24. The summed E-state index contributed by atoms with van der Waals surface area (Å²) < 4.78 is 0. The van der Waals surface area contributed by atoms with Crippen molar-refractivity contribution in [1.29, 1.82) is 0 Å². The summed E-state index contributed by atoms with van der Waals surface area (Å²) in [4.78, 5) is 19.9. The van der Waals surface area contributed by atoms with E-state index in [0.717, 1.165) is 28.7 Å². The molecule has 28 heavy (non-hydrogen) atoms. The number of aromatic amines is 1. The van der Waals surface area contributed by atoms with Crippen LogP contribution in [0, 0.1) is 6.92 Å². The number of rotatable bonds is 6. The second-order valence-corrected chi connectivity index (χ2v) is 6.86. The number of para-hydroxylation sites is 1. The number of pyridine rings is 1. The monoisotopic (exact) mass is 370 g/mol. The van der Waals surface area contributed by atoms with Crippen LogP contribution in [0.4, 0.5) is 11.5 Å². The van der Waals surface area contributed by atoms with E-state index in [1.807, 2.05) is 42.6 Å². The fraction of sp³-hybridized carbons (Fsp3) is 0.130. The molecular weight excluding hydrogens is 348 g/mol. The van der Waals surface area contributed by atoms with Gasteiger partial charge >= 0.3 is 0 Å². The highest BCUT2D eigenvalue weighted by Crippen LogP contribution is 2.19. The minimum Gasteiger partial charge on any atom is -0.380 e. The van der Waals surface area contributed by atoms with Crippen molar-refractivity contribution in [2.24, 2.45) is 0 Å². The van der Waals surface area contributed by atoms with Crippen molar-refractivity contribution in [3.05, 3.63) is 89.7 Å². The number of benzene rings is 2. The van der Waals surface area contributed by atoms with E-state index in [1.165, 1.54) is 11.1 Å². The molecular formula is C23H22N4O. The first-order chi connectivity index (χ1) is 13.7. The molecule has 0 atom stereocenters. The first kappa shape index (κ1) is 17.8. The summed E-state index contributed by atoms with van der Waals surface area (Å²) >= 11 is 0. The van der Waals surface area contributed by atoms with E-state index in [-0.39, 0.29) is 5.91 Å². The molecule has 5 nitrogen and oxygen atoms in total. The van der Waals surface area contributed by atoms with Gasteiger partial charge < -0.3 is 15.6 Å². The summed E-state index contributed by atoms with van der Waals surface area (Å²) in [5, 5.41) is 7.28. The Morgan fingerprint density at radius 3 is 2.79 bits per heavy atom. The number of amides is 1. The van der Waals surface area contributed by atoms with Crippen LogP contribution in [0.1, 0.15) is 16.7 Å². The maximum atomic E-state index is 12.4. The van der Waals surface area contributed by atoms with Crippen LogP contribution in [0.5, 0.6) is 0 Å². The molecule has 2 heterocycles. The van der Waals surface area contributed by atoms with Crippen LogP contribution in [0.15, 0.2) is 73.1 Å². The lowest BCUT2D eigenvalue weighted by Crippen LogP contribution is -2.15. The van der Waals surface area contributed by atoms with Gasteiger partial charge in [0, 0.05) is 23.6 Å². The van der Waals surface area contributed by atoms with E-state index < -0.39 is 0 Å². The summed E-state index contributed by atoms with van der Waals surface area (Å²) in [6, 6.07) is 20.1. The van der Waals surface area contributed by atoms with Crippen LogP contribution in [0.2, 0.25) is 0 Å². The van der Waals surface area contributed by atoms with Crippen molar-refractivity contribution in [1.82, 2.24) is 9.97 Å². The average molecular weight is 370 g/mol. The molecule has 0 fully saturated rings. The fourth-order valence-electron chi connectivity index (χ4n) is 3.24.